The first-order valence-corrected chi connectivity index (χ1v) is 10.5. The SMILES string of the molecule is CC1=C(C(=O)Nc2ccc(Cl)cc2)[C@H](c2ccc(C)cc2)n2c(nc3ccccc32)N1. The Hall–Kier alpha value is -3.57. The van der Waals surface area contributed by atoms with Crippen LogP contribution in [0.5, 0.6) is 0 Å². The highest BCUT2D eigenvalue weighted by atomic mass is 35.5. The maximum absolute atomic E-state index is 13.5. The number of amides is 1. The van der Waals surface area contributed by atoms with Crippen molar-refractivity contribution in [2.24, 2.45) is 0 Å². The Morgan fingerprint density at radius 3 is 2.45 bits per heavy atom. The van der Waals surface area contributed by atoms with E-state index < -0.39 is 0 Å². The van der Waals surface area contributed by atoms with Crippen molar-refractivity contribution in [3.63, 3.8) is 0 Å². The number of hydrogen-bond acceptors (Lipinski definition) is 3. The van der Waals surface area contributed by atoms with E-state index in [1.807, 2.05) is 31.2 Å². The number of benzene rings is 3. The number of anilines is 2. The number of aryl methyl sites for hydroxylation is 1. The lowest BCUT2D eigenvalue weighted by atomic mass is 9.93. The molecule has 1 aliphatic rings. The van der Waals surface area contributed by atoms with Crippen LogP contribution >= 0.6 is 11.6 Å². The molecule has 0 saturated heterocycles. The number of carbonyl (C=O) groups is 1. The zero-order valence-corrected chi connectivity index (χ0v) is 17.9. The van der Waals surface area contributed by atoms with Gasteiger partial charge in [-0.05, 0) is 55.8 Å². The number of aromatic nitrogens is 2. The second-order valence-electron chi connectivity index (χ2n) is 7.73. The van der Waals surface area contributed by atoms with Gasteiger partial charge in [-0.1, -0.05) is 53.6 Å². The Morgan fingerprint density at radius 1 is 1.00 bits per heavy atom. The largest absolute Gasteiger partial charge is 0.329 e. The molecule has 154 valence electrons. The molecule has 6 heteroatoms. The van der Waals surface area contributed by atoms with Gasteiger partial charge in [0.15, 0.2) is 0 Å². The average Bonchev–Trinajstić information content (AvgIpc) is 3.13. The first kappa shape index (κ1) is 19.4. The molecule has 1 atom stereocenters. The summed E-state index contributed by atoms with van der Waals surface area (Å²) in [5.41, 5.74) is 6.17. The van der Waals surface area contributed by atoms with Crippen molar-refractivity contribution in [3.05, 3.63) is 100 Å². The molecule has 5 nitrogen and oxygen atoms in total. The van der Waals surface area contributed by atoms with Gasteiger partial charge in [0, 0.05) is 16.4 Å². The number of fused-ring (bicyclic) bond motifs is 3. The summed E-state index contributed by atoms with van der Waals surface area (Å²) < 4.78 is 2.10. The van der Waals surface area contributed by atoms with E-state index in [2.05, 4.69) is 46.4 Å². The van der Waals surface area contributed by atoms with Crippen LogP contribution in [0.1, 0.15) is 24.1 Å². The summed E-state index contributed by atoms with van der Waals surface area (Å²) in [5.74, 6) is 0.564. The third kappa shape index (κ3) is 3.47. The summed E-state index contributed by atoms with van der Waals surface area (Å²) in [6, 6.07) is 23.1. The lowest BCUT2D eigenvalue weighted by molar-refractivity contribution is -0.113. The molecule has 0 aliphatic carbocycles. The van der Waals surface area contributed by atoms with E-state index in [1.54, 1.807) is 24.3 Å². The van der Waals surface area contributed by atoms with Gasteiger partial charge in [-0.25, -0.2) is 4.98 Å². The van der Waals surface area contributed by atoms with Crippen molar-refractivity contribution >= 4 is 40.2 Å². The van der Waals surface area contributed by atoms with Crippen LogP contribution in [0.15, 0.2) is 84.1 Å². The van der Waals surface area contributed by atoms with Crippen LogP contribution in [-0.2, 0) is 4.79 Å². The van der Waals surface area contributed by atoms with E-state index >= 15 is 0 Å². The van der Waals surface area contributed by atoms with E-state index in [1.165, 1.54) is 5.56 Å². The van der Waals surface area contributed by atoms with Crippen molar-refractivity contribution in [2.45, 2.75) is 19.9 Å². The van der Waals surface area contributed by atoms with Crippen molar-refractivity contribution in [3.8, 4) is 0 Å². The Kier molecular flexibility index (Phi) is 4.75. The van der Waals surface area contributed by atoms with Gasteiger partial charge in [0.05, 0.1) is 22.6 Å². The number of rotatable bonds is 3. The maximum Gasteiger partial charge on any atom is 0.255 e. The first-order valence-electron chi connectivity index (χ1n) is 10.1. The van der Waals surface area contributed by atoms with Gasteiger partial charge in [0.2, 0.25) is 5.95 Å². The van der Waals surface area contributed by atoms with Gasteiger partial charge in [-0.2, -0.15) is 0 Å². The zero-order valence-electron chi connectivity index (χ0n) is 17.2. The van der Waals surface area contributed by atoms with Crippen LogP contribution < -0.4 is 10.6 Å². The Bertz CT molecular complexity index is 1320. The van der Waals surface area contributed by atoms with Crippen molar-refractivity contribution in [2.75, 3.05) is 10.6 Å². The molecule has 0 fully saturated rings. The summed E-state index contributed by atoms with van der Waals surface area (Å²) in [6.07, 6.45) is 0. The van der Waals surface area contributed by atoms with Crippen LogP contribution in [0.25, 0.3) is 11.0 Å². The lowest BCUT2D eigenvalue weighted by Gasteiger charge is -2.30. The minimum Gasteiger partial charge on any atom is -0.329 e. The van der Waals surface area contributed by atoms with Gasteiger partial charge in [0.25, 0.3) is 5.91 Å². The standard InChI is InChI=1S/C25H21ClN4O/c1-15-7-9-17(10-8-15)23-22(24(31)28-19-13-11-18(26)12-14-19)16(2)27-25-29-20-5-3-4-6-21(20)30(23)25/h3-14,23H,1-2H3,(H,27,29)(H,28,31)/t23-/m0/s1. The Labute approximate surface area is 185 Å². The summed E-state index contributed by atoms with van der Waals surface area (Å²) >= 11 is 5.99. The predicted molar refractivity (Wildman–Crippen MR) is 125 cm³/mol. The quantitative estimate of drug-likeness (QED) is 0.425. The van der Waals surface area contributed by atoms with E-state index in [0.717, 1.165) is 28.2 Å². The molecule has 1 aromatic heterocycles. The van der Waals surface area contributed by atoms with Gasteiger partial charge in [0.1, 0.15) is 0 Å². The third-order valence-corrected chi connectivity index (χ3v) is 5.82. The van der Waals surface area contributed by atoms with E-state index in [4.69, 9.17) is 16.6 Å². The molecule has 0 saturated carbocycles. The number of allylic oxidation sites excluding steroid dienone is 1. The Morgan fingerprint density at radius 2 is 1.71 bits per heavy atom. The van der Waals surface area contributed by atoms with E-state index in [9.17, 15) is 4.79 Å². The van der Waals surface area contributed by atoms with Gasteiger partial charge in [-0.3, -0.25) is 9.36 Å². The van der Waals surface area contributed by atoms with Crippen molar-refractivity contribution in [1.82, 2.24) is 9.55 Å². The fourth-order valence-electron chi connectivity index (χ4n) is 4.05. The fraction of sp³-hybridized carbons (Fsp3) is 0.120. The summed E-state index contributed by atoms with van der Waals surface area (Å²) in [5, 5.41) is 6.98. The van der Waals surface area contributed by atoms with Crippen LogP contribution in [0.2, 0.25) is 5.02 Å². The topological polar surface area (TPSA) is 59.0 Å². The number of nitrogens with one attached hydrogen (secondary N) is 2. The van der Waals surface area contributed by atoms with Crippen molar-refractivity contribution < 1.29 is 4.79 Å². The summed E-state index contributed by atoms with van der Waals surface area (Å²) in [4.78, 5) is 18.3. The maximum atomic E-state index is 13.5. The molecule has 5 rings (SSSR count). The van der Waals surface area contributed by atoms with Crippen LogP contribution in [0.4, 0.5) is 11.6 Å². The van der Waals surface area contributed by atoms with E-state index in [-0.39, 0.29) is 11.9 Å². The molecule has 0 spiro atoms. The smallest absolute Gasteiger partial charge is 0.255 e. The Balaban J connectivity index is 1.65. The highest BCUT2D eigenvalue weighted by Gasteiger charge is 2.34. The molecule has 1 amide bonds. The minimum absolute atomic E-state index is 0.165. The molecule has 0 radical (unpaired) electrons. The zero-order chi connectivity index (χ0) is 21.5. The van der Waals surface area contributed by atoms with Gasteiger partial charge < -0.3 is 10.6 Å². The fourth-order valence-corrected chi connectivity index (χ4v) is 4.18. The molecule has 2 N–H and O–H groups in total. The molecule has 0 bridgehead atoms. The predicted octanol–water partition coefficient (Wildman–Crippen LogP) is 5.93. The molecule has 31 heavy (non-hydrogen) atoms. The number of carbonyl (C=O) groups excluding carboxylic acids is 1. The average molecular weight is 429 g/mol. The number of nitrogens with zero attached hydrogens (tertiary/aromatic N) is 2. The van der Waals surface area contributed by atoms with Gasteiger partial charge >= 0.3 is 0 Å². The normalized spacial score (nSPS) is 15.5. The highest BCUT2D eigenvalue weighted by Crippen LogP contribution is 2.39. The minimum atomic E-state index is -0.309. The first-order chi connectivity index (χ1) is 15.0. The van der Waals surface area contributed by atoms with Crippen molar-refractivity contribution in [1.29, 1.82) is 0 Å². The molecule has 2 heterocycles. The number of imidazole rings is 1. The summed E-state index contributed by atoms with van der Waals surface area (Å²) in [7, 11) is 0. The summed E-state index contributed by atoms with van der Waals surface area (Å²) in [6.45, 7) is 3.97. The second-order valence-corrected chi connectivity index (χ2v) is 8.17. The molecule has 4 aromatic rings. The van der Waals surface area contributed by atoms with Crippen LogP contribution in [-0.4, -0.2) is 15.5 Å². The number of hydrogen-bond donors (Lipinski definition) is 2. The highest BCUT2D eigenvalue weighted by molar-refractivity contribution is 6.30. The molecule has 0 unspecified atom stereocenters. The number of halogens is 1. The van der Waals surface area contributed by atoms with Crippen LogP contribution in [0.3, 0.4) is 0 Å². The molecular formula is C25H21ClN4O. The molecule has 3 aromatic carbocycles. The van der Waals surface area contributed by atoms with Crippen LogP contribution in [0, 0.1) is 6.92 Å². The van der Waals surface area contributed by atoms with E-state index in [0.29, 0.717) is 16.3 Å². The third-order valence-electron chi connectivity index (χ3n) is 5.57. The van der Waals surface area contributed by atoms with Gasteiger partial charge in [-0.15, -0.1) is 0 Å². The monoisotopic (exact) mass is 428 g/mol. The molecule has 1 aliphatic heterocycles. The lowest BCUT2D eigenvalue weighted by Crippen LogP contribution is -2.30. The molecular weight excluding hydrogens is 408 g/mol. The number of para-hydroxylation sites is 2. The second kappa shape index (κ2) is 7.60.